The summed E-state index contributed by atoms with van der Waals surface area (Å²) in [6.45, 7) is 1.84. The topological polar surface area (TPSA) is 69.7 Å². The summed E-state index contributed by atoms with van der Waals surface area (Å²) in [6.07, 6.45) is 4.99. The fourth-order valence-corrected chi connectivity index (χ4v) is 7.29. The van der Waals surface area contributed by atoms with Gasteiger partial charge >= 0.3 is 11.9 Å². The summed E-state index contributed by atoms with van der Waals surface area (Å²) in [6, 6.07) is 48.8. The van der Waals surface area contributed by atoms with Gasteiger partial charge in [0, 0.05) is 47.8 Å². The maximum absolute atomic E-state index is 13.2. The third-order valence-electron chi connectivity index (χ3n) is 7.89. The van der Waals surface area contributed by atoms with E-state index in [9.17, 15) is 14.4 Å². The molecule has 0 aliphatic rings. The van der Waals surface area contributed by atoms with Crippen molar-refractivity contribution in [1.29, 1.82) is 0 Å². The number of rotatable bonds is 13. The zero-order valence-electron chi connectivity index (χ0n) is 28.9. The SMILES string of the molecule is CSc1ccc(Sc2ccc(SC(=CC(=O)Oc3ccc(C(=O)c4ccc(OC(=O)C=C(C)c5ccccc5)cc4)cc3)c3ccccc3)cc2)cc1. The van der Waals surface area contributed by atoms with E-state index in [1.54, 1.807) is 72.1 Å². The van der Waals surface area contributed by atoms with Crippen molar-refractivity contribution in [2.45, 2.75) is 26.5 Å². The Morgan fingerprint density at radius 3 is 1.40 bits per heavy atom. The molecule has 0 amide bonds. The van der Waals surface area contributed by atoms with Crippen LogP contribution in [0.1, 0.15) is 34.0 Å². The van der Waals surface area contributed by atoms with Gasteiger partial charge in [-0.15, -0.1) is 11.8 Å². The van der Waals surface area contributed by atoms with Crippen molar-refractivity contribution in [3.63, 3.8) is 0 Å². The van der Waals surface area contributed by atoms with Crippen LogP contribution < -0.4 is 9.47 Å². The van der Waals surface area contributed by atoms with Crippen molar-refractivity contribution in [2.75, 3.05) is 6.26 Å². The van der Waals surface area contributed by atoms with Crippen LogP contribution in [-0.4, -0.2) is 24.0 Å². The first-order valence-corrected chi connectivity index (χ1v) is 19.5. The molecule has 0 fully saturated rings. The van der Waals surface area contributed by atoms with Crippen molar-refractivity contribution in [3.05, 3.63) is 192 Å². The Hall–Kier alpha value is -5.54. The lowest BCUT2D eigenvalue weighted by Crippen LogP contribution is -2.06. The lowest BCUT2D eigenvalue weighted by molar-refractivity contribution is -0.129. The fraction of sp³-hybridized carbons (Fsp3) is 0.0444. The molecule has 0 spiro atoms. The number of benzene rings is 6. The number of ketones is 1. The van der Waals surface area contributed by atoms with Crippen LogP contribution in [0.5, 0.6) is 11.5 Å². The maximum atomic E-state index is 13.2. The van der Waals surface area contributed by atoms with Crippen LogP contribution in [-0.2, 0) is 9.59 Å². The average Bonchev–Trinajstić information content (AvgIpc) is 3.19. The molecule has 0 aliphatic heterocycles. The Kier molecular flexibility index (Phi) is 12.8. The minimum Gasteiger partial charge on any atom is -0.423 e. The molecule has 6 aromatic rings. The zero-order chi connectivity index (χ0) is 37.0. The highest BCUT2D eigenvalue weighted by atomic mass is 32.2. The Bertz CT molecular complexity index is 2230. The van der Waals surface area contributed by atoms with Crippen molar-refractivity contribution < 1.29 is 23.9 Å². The van der Waals surface area contributed by atoms with Gasteiger partial charge in [0.25, 0.3) is 0 Å². The fourth-order valence-electron chi connectivity index (χ4n) is 5.13. The number of carbonyl (C=O) groups excluding carboxylic acids is 3. The molecule has 0 bridgehead atoms. The second-order valence-electron chi connectivity index (χ2n) is 11.6. The molecule has 53 heavy (non-hydrogen) atoms. The van der Waals surface area contributed by atoms with Crippen LogP contribution in [0.3, 0.4) is 0 Å². The molecule has 0 N–H and O–H groups in total. The van der Waals surface area contributed by atoms with Gasteiger partial charge in [0.05, 0.1) is 0 Å². The van der Waals surface area contributed by atoms with Gasteiger partial charge < -0.3 is 9.47 Å². The molecule has 0 saturated heterocycles. The van der Waals surface area contributed by atoms with E-state index < -0.39 is 11.9 Å². The van der Waals surface area contributed by atoms with Crippen molar-refractivity contribution in [1.82, 2.24) is 0 Å². The number of ether oxygens (including phenoxy) is 2. The average molecular weight is 751 g/mol. The number of hydrogen-bond acceptors (Lipinski definition) is 8. The van der Waals surface area contributed by atoms with Crippen molar-refractivity contribution in [3.8, 4) is 11.5 Å². The first-order valence-electron chi connectivity index (χ1n) is 16.6. The summed E-state index contributed by atoms with van der Waals surface area (Å²) in [7, 11) is 0. The van der Waals surface area contributed by atoms with Gasteiger partial charge in [0.2, 0.25) is 0 Å². The second-order valence-corrected chi connectivity index (χ2v) is 14.8. The molecule has 5 nitrogen and oxygen atoms in total. The zero-order valence-corrected chi connectivity index (χ0v) is 31.4. The molecule has 0 heterocycles. The molecule has 6 rings (SSSR count). The predicted molar refractivity (Wildman–Crippen MR) is 217 cm³/mol. The molecular formula is C45H34O5S3. The summed E-state index contributed by atoms with van der Waals surface area (Å²) < 4.78 is 11.1. The molecule has 6 aromatic carbocycles. The second kappa shape index (κ2) is 18.3. The molecule has 0 saturated carbocycles. The largest absolute Gasteiger partial charge is 0.423 e. The van der Waals surface area contributed by atoms with Gasteiger partial charge in [-0.05, 0) is 127 Å². The highest BCUT2D eigenvalue weighted by Crippen LogP contribution is 2.36. The van der Waals surface area contributed by atoms with Crippen LogP contribution in [0, 0.1) is 0 Å². The summed E-state index contributed by atoms with van der Waals surface area (Å²) in [5, 5.41) is 0. The van der Waals surface area contributed by atoms with Crippen LogP contribution >= 0.6 is 35.3 Å². The third-order valence-corrected chi connectivity index (χ3v) is 10.7. The van der Waals surface area contributed by atoms with E-state index in [0.717, 1.165) is 31.4 Å². The van der Waals surface area contributed by atoms with Crippen molar-refractivity contribution in [2.24, 2.45) is 0 Å². The number of esters is 2. The normalized spacial score (nSPS) is 11.5. The standard InChI is InChI=1S/C45H34O5S3/c1-31(32-9-5-3-6-10-32)29-43(46)49-36-17-13-34(14-18-36)45(48)35-15-19-37(20-16-35)50-44(47)30-42(33-11-7-4-8-12-33)53-41-27-25-40(26-28-41)52-39-23-21-38(51-2)22-24-39/h3-30H,1-2H3. The van der Waals surface area contributed by atoms with E-state index in [2.05, 4.69) is 42.7 Å². The number of carbonyl (C=O) groups is 3. The van der Waals surface area contributed by atoms with Gasteiger partial charge in [0.15, 0.2) is 5.78 Å². The summed E-state index contributed by atoms with van der Waals surface area (Å²) in [5.74, 6) is -0.613. The minimum atomic E-state index is -0.532. The predicted octanol–water partition coefficient (Wildman–Crippen LogP) is 11.5. The maximum Gasteiger partial charge on any atom is 0.337 e. The molecule has 0 atom stereocenters. The van der Waals surface area contributed by atoms with Gasteiger partial charge in [-0.3, -0.25) is 4.79 Å². The Morgan fingerprint density at radius 2 is 0.906 bits per heavy atom. The Morgan fingerprint density at radius 1 is 0.472 bits per heavy atom. The highest BCUT2D eigenvalue weighted by Gasteiger charge is 2.13. The number of thioether (sulfide) groups is 2. The number of hydrogen-bond donors (Lipinski definition) is 0. The van der Waals surface area contributed by atoms with Crippen LogP contribution in [0.2, 0.25) is 0 Å². The molecule has 0 unspecified atom stereocenters. The Balaban J connectivity index is 1.07. The molecular weight excluding hydrogens is 717 g/mol. The first kappa shape index (κ1) is 37.2. The lowest BCUT2D eigenvalue weighted by Gasteiger charge is -2.10. The van der Waals surface area contributed by atoms with E-state index in [-0.39, 0.29) is 5.78 Å². The molecule has 262 valence electrons. The molecule has 0 radical (unpaired) electrons. The monoisotopic (exact) mass is 750 g/mol. The summed E-state index contributed by atoms with van der Waals surface area (Å²) >= 11 is 4.91. The quantitative estimate of drug-likeness (QED) is 0.0380. The van der Waals surface area contributed by atoms with Crippen molar-refractivity contribution >= 4 is 63.5 Å². The highest BCUT2D eigenvalue weighted by molar-refractivity contribution is 8.08. The molecule has 8 heteroatoms. The first-order chi connectivity index (χ1) is 25.8. The van der Waals surface area contributed by atoms with Crippen LogP contribution in [0.4, 0.5) is 0 Å². The number of allylic oxidation sites excluding steroid dienone is 1. The van der Waals surface area contributed by atoms with E-state index in [0.29, 0.717) is 22.6 Å². The van der Waals surface area contributed by atoms with Crippen LogP contribution in [0.25, 0.3) is 10.5 Å². The van der Waals surface area contributed by atoms with E-state index in [4.69, 9.17) is 9.47 Å². The minimum absolute atomic E-state index is 0.221. The van der Waals surface area contributed by atoms with E-state index in [1.807, 2.05) is 79.7 Å². The third kappa shape index (κ3) is 10.7. The summed E-state index contributed by atoms with van der Waals surface area (Å²) in [5.41, 5.74) is 3.45. The van der Waals surface area contributed by atoms with Crippen LogP contribution in [0.15, 0.2) is 189 Å². The van der Waals surface area contributed by atoms with E-state index in [1.165, 1.54) is 33.7 Å². The lowest BCUT2D eigenvalue weighted by atomic mass is 10.0. The van der Waals surface area contributed by atoms with Gasteiger partial charge in [-0.25, -0.2) is 9.59 Å². The van der Waals surface area contributed by atoms with Gasteiger partial charge in [-0.2, -0.15) is 0 Å². The summed E-state index contributed by atoms with van der Waals surface area (Å²) in [4.78, 5) is 44.0. The Labute approximate surface area is 322 Å². The van der Waals surface area contributed by atoms with E-state index >= 15 is 0 Å². The van der Waals surface area contributed by atoms with Gasteiger partial charge in [-0.1, -0.05) is 84.2 Å². The van der Waals surface area contributed by atoms with Gasteiger partial charge in [0.1, 0.15) is 11.5 Å². The molecule has 0 aliphatic carbocycles. The smallest absolute Gasteiger partial charge is 0.337 e. The molecule has 0 aromatic heterocycles.